The largest absolute Gasteiger partial charge is 0.322 e. The minimum atomic E-state index is -0.472. The van der Waals surface area contributed by atoms with Crippen molar-refractivity contribution in [1.82, 2.24) is 0 Å². The van der Waals surface area contributed by atoms with E-state index in [1.807, 2.05) is 6.92 Å². The monoisotopic (exact) mass is 341 g/mol. The average molecular weight is 343 g/mol. The number of benzene rings is 2. The van der Waals surface area contributed by atoms with E-state index in [2.05, 4.69) is 21.2 Å². The van der Waals surface area contributed by atoms with Crippen molar-refractivity contribution in [3.8, 4) is 0 Å². The summed E-state index contributed by atoms with van der Waals surface area (Å²) in [5.41, 5.74) is 1.73. The Balaban J connectivity index is 2.28. The molecule has 98 valence electrons. The molecule has 2 aromatic carbocycles. The van der Waals surface area contributed by atoms with Crippen LogP contribution in [0.3, 0.4) is 0 Å². The Hall–Kier alpha value is -1.39. The third-order valence-corrected chi connectivity index (χ3v) is 3.67. The molecule has 0 aromatic heterocycles. The second-order valence-corrected chi connectivity index (χ2v) is 5.24. The number of aryl methyl sites for hydroxylation is 1. The molecule has 1 N–H and O–H groups in total. The summed E-state index contributed by atoms with van der Waals surface area (Å²) < 4.78 is 13.5. The summed E-state index contributed by atoms with van der Waals surface area (Å²) in [6.45, 7) is 1.84. The number of nitrogens with one attached hydrogen (secondary N) is 1. The predicted octanol–water partition coefficient (Wildman–Crippen LogP) is 4.80. The lowest BCUT2D eigenvalue weighted by atomic mass is 10.1. The molecule has 0 atom stereocenters. The van der Waals surface area contributed by atoms with E-state index in [4.69, 9.17) is 11.6 Å². The third kappa shape index (κ3) is 3.14. The van der Waals surface area contributed by atoms with Gasteiger partial charge in [-0.1, -0.05) is 17.7 Å². The lowest BCUT2D eigenvalue weighted by Gasteiger charge is -2.10. The van der Waals surface area contributed by atoms with E-state index in [0.717, 1.165) is 5.56 Å². The van der Waals surface area contributed by atoms with Crippen molar-refractivity contribution in [1.29, 1.82) is 0 Å². The molecule has 0 bridgehead atoms. The van der Waals surface area contributed by atoms with E-state index in [9.17, 15) is 9.18 Å². The number of amides is 1. The Morgan fingerprint density at radius 1 is 1.32 bits per heavy atom. The van der Waals surface area contributed by atoms with Gasteiger partial charge in [-0.15, -0.1) is 0 Å². The van der Waals surface area contributed by atoms with Gasteiger partial charge in [-0.25, -0.2) is 4.39 Å². The Morgan fingerprint density at radius 2 is 2.05 bits per heavy atom. The minimum absolute atomic E-state index is 0.152. The second kappa shape index (κ2) is 5.72. The SMILES string of the molecule is Cc1cc(Cl)ccc1NC(=O)c1cccc(F)c1Br. The summed E-state index contributed by atoms with van der Waals surface area (Å²) in [7, 11) is 0. The van der Waals surface area contributed by atoms with Gasteiger partial charge in [0.25, 0.3) is 5.91 Å². The highest BCUT2D eigenvalue weighted by Crippen LogP contribution is 2.24. The van der Waals surface area contributed by atoms with Gasteiger partial charge in [-0.3, -0.25) is 4.79 Å². The van der Waals surface area contributed by atoms with Crippen LogP contribution in [0.15, 0.2) is 40.9 Å². The standard InChI is InChI=1S/C14H10BrClFNO/c1-8-7-9(16)5-6-12(8)18-14(19)10-3-2-4-11(17)13(10)15/h2-7H,1H3,(H,18,19). The molecule has 0 aliphatic heterocycles. The first-order valence-corrected chi connectivity index (χ1v) is 6.67. The summed E-state index contributed by atoms with van der Waals surface area (Å²) in [4.78, 5) is 12.1. The summed E-state index contributed by atoms with van der Waals surface area (Å²) in [6.07, 6.45) is 0. The van der Waals surface area contributed by atoms with E-state index in [1.54, 1.807) is 24.3 Å². The first-order valence-electron chi connectivity index (χ1n) is 5.50. The van der Waals surface area contributed by atoms with Gasteiger partial charge < -0.3 is 5.32 Å². The molecule has 0 radical (unpaired) electrons. The smallest absolute Gasteiger partial charge is 0.256 e. The number of carbonyl (C=O) groups is 1. The maximum Gasteiger partial charge on any atom is 0.256 e. The van der Waals surface area contributed by atoms with Crippen LogP contribution in [0.4, 0.5) is 10.1 Å². The number of rotatable bonds is 2. The van der Waals surface area contributed by atoms with Crippen LogP contribution in [0.5, 0.6) is 0 Å². The number of hydrogen-bond acceptors (Lipinski definition) is 1. The van der Waals surface area contributed by atoms with Crippen molar-refractivity contribution < 1.29 is 9.18 Å². The molecule has 0 aliphatic rings. The number of hydrogen-bond donors (Lipinski definition) is 1. The molecule has 0 heterocycles. The lowest BCUT2D eigenvalue weighted by molar-refractivity contribution is 0.102. The van der Waals surface area contributed by atoms with Gasteiger partial charge in [-0.2, -0.15) is 0 Å². The molecule has 1 amide bonds. The molecule has 2 nitrogen and oxygen atoms in total. The van der Waals surface area contributed by atoms with Crippen molar-refractivity contribution in [2.75, 3.05) is 5.32 Å². The molecule has 0 unspecified atom stereocenters. The number of halogens is 3. The molecular formula is C14H10BrClFNO. The molecule has 0 aliphatic carbocycles. The Morgan fingerprint density at radius 3 is 2.74 bits per heavy atom. The highest BCUT2D eigenvalue weighted by atomic mass is 79.9. The third-order valence-electron chi connectivity index (χ3n) is 2.63. The fourth-order valence-corrected chi connectivity index (χ4v) is 2.31. The Labute approximate surface area is 123 Å². The van der Waals surface area contributed by atoms with E-state index >= 15 is 0 Å². The highest BCUT2D eigenvalue weighted by molar-refractivity contribution is 9.10. The van der Waals surface area contributed by atoms with Gasteiger partial charge in [0.1, 0.15) is 5.82 Å². The fraction of sp³-hybridized carbons (Fsp3) is 0.0714. The second-order valence-electron chi connectivity index (χ2n) is 4.01. The van der Waals surface area contributed by atoms with Crippen LogP contribution in [-0.2, 0) is 0 Å². The Bertz CT molecular complexity index is 645. The van der Waals surface area contributed by atoms with Crippen LogP contribution >= 0.6 is 27.5 Å². The van der Waals surface area contributed by atoms with Crippen LogP contribution in [0.1, 0.15) is 15.9 Å². The number of anilines is 1. The molecule has 0 fully saturated rings. The summed E-state index contributed by atoms with van der Waals surface area (Å²) >= 11 is 8.91. The minimum Gasteiger partial charge on any atom is -0.322 e. The van der Waals surface area contributed by atoms with Crippen LogP contribution in [0.2, 0.25) is 5.02 Å². The van der Waals surface area contributed by atoms with E-state index in [1.165, 1.54) is 12.1 Å². The summed E-state index contributed by atoms with van der Waals surface area (Å²) in [5, 5.41) is 3.33. The molecular weight excluding hydrogens is 333 g/mol. The van der Waals surface area contributed by atoms with Gasteiger partial charge in [0, 0.05) is 10.7 Å². The van der Waals surface area contributed by atoms with Crippen LogP contribution in [0, 0.1) is 12.7 Å². The number of carbonyl (C=O) groups excluding carboxylic acids is 1. The van der Waals surface area contributed by atoms with Crippen molar-refractivity contribution in [3.63, 3.8) is 0 Å². The van der Waals surface area contributed by atoms with Gasteiger partial charge in [-0.05, 0) is 58.7 Å². The molecule has 0 spiro atoms. The molecule has 2 rings (SSSR count). The first kappa shape index (κ1) is 14.0. The zero-order chi connectivity index (χ0) is 14.0. The molecule has 2 aromatic rings. The molecule has 0 saturated heterocycles. The van der Waals surface area contributed by atoms with Crippen molar-refractivity contribution in [2.45, 2.75) is 6.92 Å². The maximum atomic E-state index is 13.4. The van der Waals surface area contributed by atoms with Gasteiger partial charge in [0.15, 0.2) is 0 Å². The topological polar surface area (TPSA) is 29.1 Å². The van der Waals surface area contributed by atoms with Gasteiger partial charge in [0.05, 0.1) is 10.0 Å². The van der Waals surface area contributed by atoms with Crippen molar-refractivity contribution >= 4 is 39.1 Å². The van der Waals surface area contributed by atoms with E-state index in [-0.39, 0.29) is 15.9 Å². The van der Waals surface area contributed by atoms with E-state index in [0.29, 0.717) is 10.7 Å². The summed E-state index contributed by atoms with van der Waals surface area (Å²) in [5.74, 6) is -0.850. The zero-order valence-electron chi connectivity index (χ0n) is 10.0. The van der Waals surface area contributed by atoms with Crippen LogP contribution < -0.4 is 5.32 Å². The average Bonchev–Trinajstić information content (AvgIpc) is 2.36. The van der Waals surface area contributed by atoms with Crippen LogP contribution in [0.25, 0.3) is 0 Å². The molecule has 19 heavy (non-hydrogen) atoms. The first-order chi connectivity index (χ1) is 8.99. The maximum absolute atomic E-state index is 13.4. The zero-order valence-corrected chi connectivity index (χ0v) is 12.3. The fourth-order valence-electron chi connectivity index (χ4n) is 1.64. The quantitative estimate of drug-likeness (QED) is 0.834. The molecule has 0 saturated carbocycles. The Kier molecular flexibility index (Phi) is 4.22. The lowest BCUT2D eigenvalue weighted by Crippen LogP contribution is -2.13. The van der Waals surface area contributed by atoms with Gasteiger partial charge in [0.2, 0.25) is 0 Å². The van der Waals surface area contributed by atoms with Crippen molar-refractivity contribution in [3.05, 3.63) is 62.8 Å². The molecule has 5 heteroatoms. The normalized spacial score (nSPS) is 10.3. The van der Waals surface area contributed by atoms with Gasteiger partial charge >= 0.3 is 0 Å². The van der Waals surface area contributed by atoms with Crippen LogP contribution in [-0.4, -0.2) is 5.91 Å². The predicted molar refractivity (Wildman–Crippen MR) is 78.2 cm³/mol. The van der Waals surface area contributed by atoms with Crippen molar-refractivity contribution in [2.24, 2.45) is 0 Å². The highest BCUT2D eigenvalue weighted by Gasteiger charge is 2.13. The summed E-state index contributed by atoms with van der Waals surface area (Å²) in [6, 6.07) is 9.47. The van der Waals surface area contributed by atoms with E-state index < -0.39 is 5.82 Å².